The van der Waals surface area contributed by atoms with Gasteiger partial charge >= 0.3 is 0 Å². The minimum Gasteiger partial charge on any atom is -0.322 e. The summed E-state index contributed by atoms with van der Waals surface area (Å²) in [6, 6.07) is 33.7. The maximum atomic E-state index is 5.40. The fraction of sp³-hybridized carbons (Fsp3) is 0.0556. The number of hydrogen-bond acceptors (Lipinski definition) is 12. The first-order chi connectivity index (χ1) is 23.7. The highest BCUT2D eigenvalue weighted by Gasteiger charge is 2.61. The van der Waals surface area contributed by atoms with E-state index in [9.17, 15) is 0 Å². The van der Waals surface area contributed by atoms with Gasteiger partial charge in [0.25, 0.3) is 0 Å². The minimum absolute atomic E-state index is 0.426. The van der Waals surface area contributed by atoms with Crippen LogP contribution in [-0.4, -0.2) is 53.2 Å². The summed E-state index contributed by atoms with van der Waals surface area (Å²) in [4.78, 5) is 49.9. The lowest BCUT2D eigenvalue weighted by atomic mass is 9.85. The van der Waals surface area contributed by atoms with Crippen molar-refractivity contribution in [1.82, 2.24) is 40.5 Å². The lowest BCUT2D eigenvalue weighted by molar-refractivity contribution is 0.228. The number of rotatable bonds is 7. The smallest absolute Gasteiger partial charge is 0.247 e. The predicted molar refractivity (Wildman–Crippen MR) is 181 cm³/mol. The van der Waals surface area contributed by atoms with E-state index in [4.69, 9.17) is 29.9 Å². The molecule has 0 fully saturated rings. The zero-order valence-electron chi connectivity index (χ0n) is 25.3. The summed E-state index contributed by atoms with van der Waals surface area (Å²) in [7, 11) is 0. The van der Waals surface area contributed by atoms with E-state index in [-0.39, 0.29) is 0 Å². The molecule has 8 rings (SSSR count). The second kappa shape index (κ2) is 12.2. The lowest BCUT2D eigenvalue weighted by Crippen LogP contribution is -2.56. The van der Waals surface area contributed by atoms with E-state index in [1.165, 1.54) is 0 Å². The molecule has 8 heterocycles. The second-order valence-corrected chi connectivity index (χ2v) is 10.7. The molecule has 12 heteroatoms. The van der Waals surface area contributed by atoms with E-state index in [2.05, 4.69) is 30.6 Å². The fourth-order valence-corrected chi connectivity index (χ4v) is 5.57. The molecule has 48 heavy (non-hydrogen) atoms. The number of aromatic nitrogens is 6. The van der Waals surface area contributed by atoms with Crippen molar-refractivity contribution >= 4 is 23.3 Å². The Bertz CT molecular complexity index is 1890. The molecule has 6 aromatic heterocycles. The fourth-order valence-electron chi connectivity index (χ4n) is 5.57. The molecule has 12 nitrogen and oxygen atoms in total. The summed E-state index contributed by atoms with van der Waals surface area (Å²) >= 11 is 0. The molecule has 230 valence electrons. The van der Waals surface area contributed by atoms with Crippen LogP contribution in [0.2, 0.25) is 0 Å². The van der Waals surface area contributed by atoms with Crippen molar-refractivity contribution in [2.75, 3.05) is 0 Å². The van der Waals surface area contributed by atoms with Gasteiger partial charge in [-0.05, 0) is 72.8 Å². The van der Waals surface area contributed by atoms with Crippen LogP contribution in [0.5, 0.6) is 0 Å². The van der Waals surface area contributed by atoms with Crippen LogP contribution in [0.3, 0.4) is 0 Å². The number of nitrogens with one attached hydrogen (secondary N) is 2. The normalized spacial score (nSPS) is 16.2. The molecule has 0 unspecified atom stereocenters. The summed E-state index contributed by atoms with van der Waals surface area (Å²) in [5.74, 6) is 1.70. The van der Waals surface area contributed by atoms with Gasteiger partial charge in [0.1, 0.15) is 22.8 Å². The van der Waals surface area contributed by atoms with Crippen LogP contribution in [0.15, 0.2) is 166 Å². The predicted octanol–water partition coefficient (Wildman–Crippen LogP) is 4.06. The van der Waals surface area contributed by atoms with E-state index in [0.717, 1.165) is 0 Å². The van der Waals surface area contributed by atoms with Crippen LogP contribution >= 0.6 is 0 Å². The summed E-state index contributed by atoms with van der Waals surface area (Å²) in [5, 5.41) is 6.79. The molecular weight excluding hydrogens is 600 g/mol. The van der Waals surface area contributed by atoms with Crippen molar-refractivity contribution in [3.8, 4) is 0 Å². The van der Waals surface area contributed by atoms with Gasteiger partial charge in [-0.2, -0.15) is 0 Å². The highest BCUT2D eigenvalue weighted by molar-refractivity contribution is 6.16. The average molecular weight is 627 g/mol. The lowest BCUT2D eigenvalue weighted by Gasteiger charge is -2.43. The third-order valence-electron chi connectivity index (χ3n) is 7.73. The van der Waals surface area contributed by atoms with Crippen LogP contribution in [0, 0.1) is 0 Å². The van der Waals surface area contributed by atoms with Crippen LogP contribution in [-0.2, 0) is 11.3 Å². The van der Waals surface area contributed by atoms with E-state index >= 15 is 0 Å². The Labute approximate surface area is 275 Å². The van der Waals surface area contributed by atoms with Gasteiger partial charge in [-0.1, -0.05) is 36.4 Å². The van der Waals surface area contributed by atoms with E-state index in [0.29, 0.717) is 57.5 Å². The topological polar surface area (TPSA) is 151 Å². The number of hydrogen-bond donors (Lipinski definition) is 2. The molecule has 0 bridgehead atoms. The molecular formula is C36H26N12. The molecule has 0 atom stereocenters. The first kappa shape index (κ1) is 28.6. The molecule has 2 aliphatic rings. The SMILES string of the molecule is c1ccc(C2=NC(c3ccccn3)(C3(c4ccccn4)N=C(c4ccccn4)NC(c4ccccn4)=N3)N=C(c3ccccn3)N2)nc1. The molecule has 2 aliphatic heterocycles. The number of nitrogens with zero attached hydrogens (tertiary/aromatic N) is 10. The first-order valence-electron chi connectivity index (χ1n) is 15.2. The van der Waals surface area contributed by atoms with E-state index in [1.54, 1.807) is 37.2 Å². The van der Waals surface area contributed by atoms with Crippen molar-refractivity contribution < 1.29 is 0 Å². The summed E-state index contributed by atoms with van der Waals surface area (Å²) in [6.45, 7) is 0. The molecule has 0 aliphatic carbocycles. The Balaban J connectivity index is 1.54. The molecule has 0 radical (unpaired) electrons. The molecule has 0 spiro atoms. The van der Waals surface area contributed by atoms with Crippen molar-refractivity contribution in [2.45, 2.75) is 11.3 Å². The second-order valence-electron chi connectivity index (χ2n) is 10.7. The van der Waals surface area contributed by atoms with Crippen LogP contribution in [0.4, 0.5) is 0 Å². The Morgan fingerprint density at radius 3 is 0.812 bits per heavy atom. The average Bonchev–Trinajstić information content (AvgIpc) is 3.19. The Morgan fingerprint density at radius 2 is 0.583 bits per heavy atom. The number of aliphatic imine (C=N–C) groups is 4. The Hall–Kier alpha value is -6.82. The first-order valence-corrected chi connectivity index (χ1v) is 15.2. The van der Waals surface area contributed by atoms with Crippen LogP contribution in [0.25, 0.3) is 0 Å². The van der Waals surface area contributed by atoms with Gasteiger partial charge in [-0.25, -0.2) is 20.0 Å². The maximum Gasteiger partial charge on any atom is 0.247 e. The van der Waals surface area contributed by atoms with Gasteiger partial charge in [0.2, 0.25) is 11.3 Å². The van der Waals surface area contributed by atoms with Gasteiger partial charge in [-0.3, -0.25) is 29.9 Å². The van der Waals surface area contributed by atoms with Gasteiger partial charge in [0.15, 0.2) is 23.3 Å². The number of pyridine rings is 6. The largest absolute Gasteiger partial charge is 0.322 e. The zero-order valence-corrected chi connectivity index (χ0v) is 25.3. The van der Waals surface area contributed by atoms with Crippen molar-refractivity contribution in [3.05, 3.63) is 181 Å². The standard InChI is InChI=1S/C36H26N12/c1-7-19-37-25(13-1)31-43-32(26-14-2-8-20-38-26)46-35(45-31,29-17-5-11-23-41-29)36(30-18-6-12-24-42-30)47-33(27-15-3-9-21-39-27)44-34(48-36)28-16-4-10-22-40-28/h1-24H,(H,43,45,46)(H,44,47,48). The molecule has 0 amide bonds. The molecule has 0 aromatic carbocycles. The van der Waals surface area contributed by atoms with Gasteiger partial charge in [0, 0.05) is 37.2 Å². The monoisotopic (exact) mass is 626 g/mol. The molecule has 6 aromatic rings. The maximum absolute atomic E-state index is 5.40. The molecule has 0 saturated carbocycles. The number of amidine groups is 4. The van der Waals surface area contributed by atoms with Crippen molar-refractivity contribution in [3.63, 3.8) is 0 Å². The summed E-state index contributed by atoms with van der Waals surface area (Å²) < 4.78 is 0. The Kier molecular flexibility index (Phi) is 7.26. The Morgan fingerprint density at radius 1 is 0.312 bits per heavy atom. The zero-order chi connectivity index (χ0) is 32.2. The molecule has 2 N–H and O–H groups in total. The third-order valence-corrected chi connectivity index (χ3v) is 7.73. The summed E-state index contributed by atoms with van der Waals surface area (Å²) in [5.41, 5.74) is -0.152. The van der Waals surface area contributed by atoms with Gasteiger partial charge < -0.3 is 10.6 Å². The quantitative estimate of drug-likeness (QED) is 0.269. The summed E-state index contributed by atoms with van der Waals surface area (Å²) in [6.07, 6.45) is 10.2. The minimum atomic E-state index is -1.70. The highest BCUT2D eigenvalue weighted by atomic mass is 15.4. The van der Waals surface area contributed by atoms with Gasteiger partial charge in [0.05, 0.1) is 11.4 Å². The van der Waals surface area contributed by atoms with Crippen LogP contribution in [0.1, 0.15) is 34.2 Å². The molecule has 0 saturated heterocycles. The van der Waals surface area contributed by atoms with Gasteiger partial charge in [-0.15, -0.1) is 0 Å². The van der Waals surface area contributed by atoms with Crippen molar-refractivity contribution in [1.29, 1.82) is 0 Å². The van der Waals surface area contributed by atoms with Crippen LogP contribution < -0.4 is 10.6 Å². The third kappa shape index (κ3) is 5.07. The van der Waals surface area contributed by atoms with Crippen molar-refractivity contribution in [2.24, 2.45) is 20.0 Å². The van der Waals surface area contributed by atoms with E-state index < -0.39 is 11.3 Å². The van der Waals surface area contributed by atoms with E-state index in [1.807, 2.05) is 109 Å². The highest BCUT2D eigenvalue weighted by Crippen LogP contribution is 2.50.